The fourth-order valence-corrected chi connectivity index (χ4v) is 3.95. The molecular formula is C27H30F3N3O4. The highest BCUT2D eigenvalue weighted by Gasteiger charge is 2.31. The summed E-state index contributed by atoms with van der Waals surface area (Å²) in [7, 11) is 0. The van der Waals surface area contributed by atoms with E-state index >= 15 is 0 Å². The van der Waals surface area contributed by atoms with Crippen molar-refractivity contribution >= 4 is 17.6 Å². The van der Waals surface area contributed by atoms with Gasteiger partial charge in [0.05, 0.1) is 24.1 Å². The highest BCUT2D eigenvalue weighted by molar-refractivity contribution is 5.92. The Kier molecular flexibility index (Phi) is 9.87. The normalized spacial score (nSPS) is 17.8. The molecule has 0 saturated carbocycles. The summed E-state index contributed by atoms with van der Waals surface area (Å²) < 4.78 is 38.8. The average Bonchev–Trinajstić information content (AvgIpc) is 2.92. The number of halogens is 3. The van der Waals surface area contributed by atoms with Gasteiger partial charge in [0.15, 0.2) is 0 Å². The Balaban J connectivity index is 0.000000555. The number of hydrogen-bond donors (Lipinski definition) is 3. The van der Waals surface area contributed by atoms with Crippen molar-refractivity contribution in [1.29, 1.82) is 0 Å². The molecule has 1 atom stereocenters. The Morgan fingerprint density at radius 2 is 1.57 bits per heavy atom. The number of anilines is 1. The molecule has 4 rings (SSSR count). The minimum Gasteiger partial charge on any atom is -0.393 e. The number of hydrogen-bond acceptors (Lipinski definition) is 4. The largest absolute Gasteiger partial charge is 0.416 e. The molecule has 0 bridgehead atoms. The van der Waals surface area contributed by atoms with Crippen molar-refractivity contribution in [2.24, 2.45) is 5.92 Å². The SMILES string of the molecule is O=C(NO)C1C=CC(CN(C(=O)N2CCC(O)CC2)c2ccc(C(F)(F)F)cc2)=CC1.c1ccccc1. The molecule has 1 aliphatic carbocycles. The van der Waals surface area contributed by atoms with Gasteiger partial charge in [-0.05, 0) is 49.1 Å². The van der Waals surface area contributed by atoms with E-state index in [0.29, 0.717) is 43.6 Å². The number of benzene rings is 2. The molecule has 1 aliphatic heterocycles. The lowest BCUT2D eigenvalue weighted by atomic mass is 9.96. The molecular weight excluding hydrogens is 487 g/mol. The fourth-order valence-electron chi connectivity index (χ4n) is 3.95. The highest BCUT2D eigenvalue weighted by atomic mass is 19.4. The third-order valence-corrected chi connectivity index (χ3v) is 6.10. The van der Waals surface area contributed by atoms with Gasteiger partial charge in [0.25, 0.3) is 5.91 Å². The first kappa shape index (κ1) is 27.9. The van der Waals surface area contributed by atoms with Crippen LogP contribution in [0.2, 0.25) is 0 Å². The maximum Gasteiger partial charge on any atom is 0.416 e. The zero-order chi connectivity index (χ0) is 26.8. The summed E-state index contributed by atoms with van der Waals surface area (Å²) in [6, 6.07) is 16.0. The minimum atomic E-state index is -4.48. The monoisotopic (exact) mass is 517 g/mol. The molecule has 3 N–H and O–H groups in total. The number of piperidine rings is 1. The topological polar surface area (TPSA) is 93.1 Å². The molecule has 0 spiro atoms. The van der Waals surface area contributed by atoms with E-state index in [1.807, 2.05) is 36.4 Å². The Morgan fingerprint density at radius 1 is 1.00 bits per heavy atom. The molecule has 37 heavy (non-hydrogen) atoms. The molecule has 3 amide bonds. The van der Waals surface area contributed by atoms with Crippen LogP contribution in [-0.2, 0) is 11.0 Å². The van der Waals surface area contributed by atoms with Gasteiger partial charge >= 0.3 is 12.2 Å². The van der Waals surface area contributed by atoms with Crippen molar-refractivity contribution in [2.45, 2.75) is 31.5 Å². The molecule has 1 heterocycles. The maximum absolute atomic E-state index is 13.2. The summed E-state index contributed by atoms with van der Waals surface area (Å²) in [6.45, 7) is 0.808. The number of rotatable bonds is 4. The molecule has 1 fully saturated rings. The van der Waals surface area contributed by atoms with Crippen LogP contribution in [-0.4, -0.2) is 52.9 Å². The van der Waals surface area contributed by atoms with Gasteiger partial charge in [-0.25, -0.2) is 10.3 Å². The van der Waals surface area contributed by atoms with E-state index in [2.05, 4.69) is 0 Å². The number of nitrogens with one attached hydrogen (secondary N) is 1. The second-order valence-corrected chi connectivity index (χ2v) is 8.74. The first-order valence-corrected chi connectivity index (χ1v) is 11.9. The van der Waals surface area contributed by atoms with E-state index in [1.54, 1.807) is 28.6 Å². The predicted molar refractivity (Wildman–Crippen MR) is 133 cm³/mol. The first-order chi connectivity index (χ1) is 17.7. The Labute approximate surface area is 213 Å². The van der Waals surface area contributed by atoms with Gasteiger partial charge in [0, 0.05) is 18.8 Å². The van der Waals surface area contributed by atoms with Gasteiger partial charge in [-0.3, -0.25) is 14.9 Å². The first-order valence-electron chi connectivity index (χ1n) is 11.9. The third-order valence-electron chi connectivity index (χ3n) is 6.10. The Morgan fingerprint density at radius 3 is 2.03 bits per heavy atom. The van der Waals surface area contributed by atoms with E-state index in [-0.39, 0.29) is 12.6 Å². The molecule has 198 valence electrons. The van der Waals surface area contributed by atoms with Crippen LogP contribution in [0.3, 0.4) is 0 Å². The molecule has 0 aromatic heterocycles. The lowest BCUT2D eigenvalue weighted by molar-refractivity contribution is -0.137. The van der Waals surface area contributed by atoms with E-state index in [4.69, 9.17) is 5.21 Å². The van der Waals surface area contributed by atoms with Crippen LogP contribution in [0.1, 0.15) is 24.8 Å². The molecule has 2 aromatic carbocycles. The van der Waals surface area contributed by atoms with Crippen LogP contribution in [0.5, 0.6) is 0 Å². The second-order valence-electron chi connectivity index (χ2n) is 8.74. The summed E-state index contributed by atoms with van der Waals surface area (Å²) in [5.74, 6) is -1.08. The summed E-state index contributed by atoms with van der Waals surface area (Å²) in [4.78, 5) is 27.7. The predicted octanol–water partition coefficient (Wildman–Crippen LogP) is 4.78. The molecule has 1 saturated heterocycles. The van der Waals surface area contributed by atoms with E-state index in [0.717, 1.165) is 12.1 Å². The van der Waals surface area contributed by atoms with Crippen molar-refractivity contribution < 1.29 is 33.1 Å². The van der Waals surface area contributed by atoms with Crippen LogP contribution in [0, 0.1) is 5.92 Å². The number of allylic oxidation sites excluding steroid dienone is 1. The van der Waals surface area contributed by atoms with Crippen molar-refractivity contribution in [1.82, 2.24) is 10.4 Å². The highest BCUT2D eigenvalue weighted by Crippen LogP contribution is 2.31. The number of carbonyl (C=O) groups is 2. The molecule has 2 aliphatic rings. The lowest BCUT2D eigenvalue weighted by Gasteiger charge is -2.35. The van der Waals surface area contributed by atoms with Gasteiger partial charge in [-0.2, -0.15) is 13.2 Å². The van der Waals surface area contributed by atoms with Gasteiger partial charge < -0.3 is 10.0 Å². The number of urea groups is 1. The third kappa shape index (κ3) is 8.19. The van der Waals surface area contributed by atoms with E-state index in [9.17, 15) is 27.9 Å². The van der Waals surface area contributed by atoms with Gasteiger partial charge in [-0.1, -0.05) is 54.6 Å². The van der Waals surface area contributed by atoms with Gasteiger partial charge in [0.1, 0.15) is 0 Å². The van der Waals surface area contributed by atoms with E-state index < -0.39 is 29.7 Å². The summed E-state index contributed by atoms with van der Waals surface area (Å²) in [6.07, 6.45) is 1.27. The quantitative estimate of drug-likeness (QED) is 0.402. The van der Waals surface area contributed by atoms with Crippen molar-refractivity contribution in [3.8, 4) is 0 Å². The van der Waals surface area contributed by atoms with Crippen molar-refractivity contribution in [2.75, 3.05) is 24.5 Å². The van der Waals surface area contributed by atoms with Crippen molar-refractivity contribution in [3.05, 3.63) is 90.0 Å². The maximum atomic E-state index is 13.2. The lowest BCUT2D eigenvalue weighted by Crippen LogP contribution is -2.48. The standard InChI is InChI=1S/C21H24F3N3O4.C6H6/c22-21(23,24)16-5-7-17(8-6-16)27(20(30)26-11-9-18(28)10-12-26)13-14-1-3-15(4-2-14)19(29)25-31;1-2-4-6-5-3-1/h1-3,5-8,15,18,28,31H,4,9-13H2,(H,25,29);1-6H. The molecule has 0 radical (unpaired) electrons. The number of amides is 3. The van der Waals surface area contributed by atoms with Crippen LogP contribution in [0.25, 0.3) is 0 Å². The molecule has 7 nitrogen and oxygen atoms in total. The summed E-state index contributed by atoms with van der Waals surface area (Å²) >= 11 is 0. The number of alkyl halides is 3. The smallest absolute Gasteiger partial charge is 0.393 e. The zero-order valence-electron chi connectivity index (χ0n) is 20.1. The van der Waals surface area contributed by atoms with Crippen molar-refractivity contribution in [3.63, 3.8) is 0 Å². The molecule has 2 aromatic rings. The number of likely N-dealkylation sites (tertiary alicyclic amines) is 1. The molecule has 1 unspecified atom stereocenters. The fraction of sp³-hybridized carbons (Fsp3) is 0.333. The number of carbonyl (C=O) groups excluding carboxylic acids is 2. The average molecular weight is 518 g/mol. The van der Waals surface area contributed by atoms with Gasteiger partial charge in [-0.15, -0.1) is 0 Å². The number of nitrogens with zero attached hydrogens (tertiary/aromatic N) is 2. The second kappa shape index (κ2) is 13.1. The van der Waals surface area contributed by atoms with Crippen LogP contribution < -0.4 is 10.4 Å². The van der Waals surface area contributed by atoms with Crippen LogP contribution in [0.15, 0.2) is 84.5 Å². The summed E-state index contributed by atoms with van der Waals surface area (Å²) in [5.41, 5.74) is 1.82. The van der Waals surface area contributed by atoms with E-state index in [1.165, 1.54) is 17.0 Å². The number of hydroxylamine groups is 1. The van der Waals surface area contributed by atoms with Crippen LogP contribution in [0.4, 0.5) is 23.7 Å². The summed E-state index contributed by atoms with van der Waals surface area (Å²) in [5, 5.41) is 18.4. The van der Waals surface area contributed by atoms with Gasteiger partial charge in [0.2, 0.25) is 0 Å². The molecule has 10 heteroatoms. The van der Waals surface area contributed by atoms with Crippen LogP contribution >= 0.6 is 0 Å². The minimum absolute atomic E-state index is 0.104. The number of aliphatic hydroxyl groups is 1. The zero-order valence-corrected chi connectivity index (χ0v) is 20.1. The number of aliphatic hydroxyl groups excluding tert-OH is 1. The Bertz CT molecular complexity index is 1050. The Hall–Kier alpha value is -3.63.